The number of aliphatic hydroxyl groups excluding tert-OH is 1. The number of rotatable bonds is 7. The molecule has 1 amide bonds. The fourth-order valence-corrected chi connectivity index (χ4v) is 1.54. The molecule has 0 spiro atoms. The van der Waals surface area contributed by atoms with E-state index in [-0.39, 0.29) is 18.4 Å². The van der Waals surface area contributed by atoms with Crippen molar-refractivity contribution in [3.63, 3.8) is 0 Å². The Bertz CT molecular complexity index is 401. The Morgan fingerprint density at radius 1 is 1.61 bits per heavy atom. The van der Waals surface area contributed by atoms with Gasteiger partial charge in [0.2, 0.25) is 11.8 Å². The number of nitrogens with zero attached hydrogens (tertiary/aromatic N) is 2. The normalized spacial score (nSPS) is 16.6. The second kappa shape index (κ2) is 5.95. The van der Waals surface area contributed by atoms with Crippen molar-refractivity contribution in [1.82, 2.24) is 15.5 Å². The second-order valence-corrected chi connectivity index (χ2v) is 4.91. The van der Waals surface area contributed by atoms with E-state index in [0.29, 0.717) is 31.2 Å². The van der Waals surface area contributed by atoms with Gasteiger partial charge in [0.05, 0.1) is 0 Å². The highest BCUT2D eigenvalue weighted by molar-refractivity contribution is 5.75. The van der Waals surface area contributed by atoms with Gasteiger partial charge < -0.3 is 14.9 Å². The lowest BCUT2D eigenvalue weighted by Gasteiger charge is -2.08. The maximum Gasteiger partial charge on any atom is 0.227 e. The minimum absolute atomic E-state index is 0.0542. The SMILES string of the molecule is CC(CO)CNC(=O)CCc1nc(C2CC2)no1. The number of aromatic nitrogens is 2. The first-order valence-electron chi connectivity index (χ1n) is 6.39. The number of aryl methyl sites for hydroxylation is 1. The van der Waals surface area contributed by atoms with Crippen molar-refractivity contribution in [1.29, 1.82) is 0 Å². The van der Waals surface area contributed by atoms with Crippen LogP contribution in [0.5, 0.6) is 0 Å². The summed E-state index contributed by atoms with van der Waals surface area (Å²) < 4.78 is 5.08. The number of hydrogen-bond donors (Lipinski definition) is 2. The number of amides is 1. The quantitative estimate of drug-likeness (QED) is 0.744. The number of hydrogen-bond acceptors (Lipinski definition) is 5. The summed E-state index contributed by atoms with van der Waals surface area (Å²) in [6, 6.07) is 0. The molecule has 0 aromatic carbocycles. The summed E-state index contributed by atoms with van der Waals surface area (Å²) in [5, 5.41) is 15.5. The van der Waals surface area contributed by atoms with Crippen molar-refractivity contribution in [2.24, 2.45) is 5.92 Å². The Morgan fingerprint density at radius 2 is 2.39 bits per heavy atom. The summed E-state index contributed by atoms with van der Waals surface area (Å²) in [6.07, 6.45) is 3.08. The molecule has 1 heterocycles. The van der Waals surface area contributed by atoms with Gasteiger partial charge in [-0.3, -0.25) is 4.79 Å². The highest BCUT2D eigenvalue weighted by atomic mass is 16.5. The number of carbonyl (C=O) groups is 1. The van der Waals surface area contributed by atoms with Crippen LogP contribution in [0, 0.1) is 5.92 Å². The standard InChI is InChI=1S/C12H19N3O3/c1-8(7-16)6-13-10(17)4-5-11-14-12(15-18-11)9-2-3-9/h8-9,16H,2-7H2,1H3,(H,13,17). The third-order valence-corrected chi connectivity index (χ3v) is 2.95. The molecule has 1 saturated carbocycles. The molecule has 2 N–H and O–H groups in total. The van der Waals surface area contributed by atoms with Gasteiger partial charge in [-0.25, -0.2) is 0 Å². The zero-order chi connectivity index (χ0) is 13.0. The maximum absolute atomic E-state index is 11.5. The van der Waals surface area contributed by atoms with Crippen molar-refractivity contribution in [2.45, 2.75) is 38.5 Å². The molecule has 1 atom stereocenters. The molecule has 1 unspecified atom stereocenters. The zero-order valence-corrected chi connectivity index (χ0v) is 10.6. The van der Waals surface area contributed by atoms with E-state index in [4.69, 9.17) is 9.63 Å². The minimum atomic E-state index is -0.0542. The molecule has 0 saturated heterocycles. The van der Waals surface area contributed by atoms with Crippen molar-refractivity contribution in [3.8, 4) is 0 Å². The van der Waals surface area contributed by atoms with E-state index in [1.807, 2.05) is 6.92 Å². The predicted octanol–water partition coefficient (Wildman–Crippen LogP) is 0.624. The zero-order valence-electron chi connectivity index (χ0n) is 10.6. The van der Waals surface area contributed by atoms with Crippen LogP contribution in [0.1, 0.15) is 43.8 Å². The summed E-state index contributed by atoms with van der Waals surface area (Å²) in [5.41, 5.74) is 0. The molecule has 1 aromatic heterocycles. The van der Waals surface area contributed by atoms with Crippen LogP contribution in [-0.2, 0) is 11.2 Å². The summed E-state index contributed by atoms with van der Waals surface area (Å²) in [6.45, 7) is 2.45. The molecule has 1 aromatic rings. The Balaban J connectivity index is 1.68. The van der Waals surface area contributed by atoms with Crippen molar-refractivity contribution < 1.29 is 14.4 Å². The summed E-state index contributed by atoms with van der Waals surface area (Å²) in [5.74, 6) is 1.81. The first-order valence-corrected chi connectivity index (χ1v) is 6.39. The van der Waals surface area contributed by atoms with Crippen molar-refractivity contribution >= 4 is 5.91 Å². The van der Waals surface area contributed by atoms with Crippen molar-refractivity contribution in [3.05, 3.63) is 11.7 Å². The highest BCUT2D eigenvalue weighted by Gasteiger charge is 2.28. The number of aliphatic hydroxyl groups is 1. The van der Waals surface area contributed by atoms with Crippen LogP contribution < -0.4 is 5.32 Å². The molecule has 0 radical (unpaired) electrons. The summed E-state index contributed by atoms with van der Waals surface area (Å²) in [7, 11) is 0. The smallest absolute Gasteiger partial charge is 0.227 e. The largest absolute Gasteiger partial charge is 0.396 e. The minimum Gasteiger partial charge on any atom is -0.396 e. The predicted molar refractivity (Wildman–Crippen MR) is 63.9 cm³/mol. The third kappa shape index (κ3) is 3.80. The summed E-state index contributed by atoms with van der Waals surface area (Å²) >= 11 is 0. The van der Waals surface area contributed by atoms with E-state index in [9.17, 15) is 4.79 Å². The second-order valence-electron chi connectivity index (χ2n) is 4.91. The molecule has 0 bridgehead atoms. The van der Waals surface area contributed by atoms with Gasteiger partial charge in [0.1, 0.15) is 0 Å². The molecule has 1 fully saturated rings. The third-order valence-electron chi connectivity index (χ3n) is 2.95. The van der Waals surface area contributed by atoms with E-state index < -0.39 is 0 Å². The van der Waals surface area contributed by atoms with Crippen molar-refractivity contribution in [2.75, 3.05) is 13.2 Å². The Labute approximate surface area is 106 Å². The van der Waals surface area contributed by atoms with Crippen LogP contribution >= 0.6 is 0 Å². The van der Waals surface area contributed by atoms with Crippen LogP contribution in [0.2, 0.25) is 0 Å². The van der Waals surface area contributed by atoms with E-state index in [1.165, 1.54) is 0 Å². The Hall–Kier alpha value is -1.43. The highest BCUT2D eigenvalue weighted by Crippen LogP contribution is 2.38. The van der Waals surface area contributed by atoms with Crippen LogP contribution in [0.3, 0.4) is 0 Å². The van der Waals surface area contributed by atoms with Gasteiger partial charge in [0.25, 0.3) is 0 Å². The van der Waals surface area contributed by atoms with Gasteiger partial charge in [-0.05, 0) is 18.8 Å². The van der Waals surface area contributed by atoms with E-state index in [1.54, 1.807) is 0 Å². The average molecular weight is 253 g/mol. The van der Waals surface area contributed by atoms with Gasteiger partial charge >= 0.3 is 0 Å². The molecule has 6 heteroatoms. The van der Waals surface area contributed by atoms with Crippen LogP contribution in [0.4, 0.5) is 0 Å². The van der Waals surface area contributed by atoms with Gasteiger partial charge in [0, 0.05) is 31.9 Å². The molecule has 1 aliphatic rings. The molecular weight excluding hydrogens is 234 g/mol. The average Bonchev–Trinajstić information content (AvgIpc) is 3.13. The lowest BCUT2D eigenvalue weighted by atomic mass is 10.2. The lowest BCUT2D eigenvalue weighted by molar-refractivity contribution is -0.121. The monoisotopic (exact) mass is 253 g/mol. The fourth-order valence-electron chi connectivity index (χ4n) is 1.54. The molecular formula is C12H19N3O3. The van der Waals surface area contributed by atoms with Gasteiger partial charge in [0.15, 0.2) is 5.82 Å². The fraction of sp³-hybridized carbons (Fsp3) is 0.750. The van der Waals surface area contributed by atoms with E-state index in [0.717, 1.165) is 18.7 Å². The lowest BCUT2D eigenvalue weighted by Crippen LogP contribution is -2.29. The van der Waals surface area contributed by atoms with E-state index in [2.05, 4.69) is 15.5 Å². The Kier molecular flexibility index (Phi) is 4.30. The van der Waals surface area contributed by atoms with Crippen LogP contribution in [0.15, 0.2) is 4.52 Å². The van der Waals surface area contributed by atoms with Crippen LogP contribution in [0.25, 0.3) is 0 Å². The van der Waals surface area contributed by atoms with Gasteiger partial charge in [-0.1, -0.05) is 12.1 Å². The summed E-state index contributed by atoms with van der Waals surface area (Å²) in [4.78, 5) is 15.8. The number of nitrogens with one attached hydrogen (secondary N) is 1. The molecule has 2 rings (SSSR count). The topological polar surface area (TPSA) is 88.2 Å². The molecule has 18 heavy (non-hydrogen) atoms. The Morgan fingerprint density at radius 3 is 3.06 bits per heavy atom. The van der Waals surface area contributed by atoms with Gasteiger partial charge in [-0.15, -0.1) is 0 Å². The van der Waals surface area contributed by atoms with E-state index >= 15 is 0 Å². The molecule has 6 nitrogen and oxygen atoms in total. The molecule has 100 valence electrons. The first-order chi connectivity index (χ1) is 8.69. The number of carbonyl (C=O) groups excluding carboxylic acids is 1. The maximum atomic E-state index is 11.5. The molecule has 1 aliphatic carbocycles. The molecule has 0 aliphatic heterocycles. The van der Waals surface area contributed by atoms with Crippen LogP contribution in [-0.4, -0.2) is 34.3 Å². The van der Waals surface area contributed by atoms with Gasteiger partial charge in [-0.2, -0.15) is 4.98 Å². The first kappa shape index (κ1) is 13.0.